The second-order valence-electron chi connectivity index (χ2n) is 13.3. The molecule has 4 aliphatic rings. The molecule has 0 radical (unpaired) electrons. The van der Waals surface area contributed by atoms with Gasteiger partial charge in [0.25, 0.3) is 0 Å². The molecular formula is C25H46O2Si2. The van der Waals surface area contributed by atoms with Gasteiger partial charge in [0.1, 0.15) is 0 Å². The van der Waals surface area contributed by atoms with Crippen molar-refractivity contribution in [3.8, 4) is 0 Å². The molecule has 0 unspecified atom stereocenters. The highest BCUT2D eigenvalue weighted by molar-refractivity contribution is 6.70. The van der Waals surface area contributed by atoms with E-state index in [1.165, 1.54) is 51.4 Å². The molecule has 0 aromatic rings. The van der Waals surface area contributed by atoms with Crippen molar-refractivity contribution >= 4 is 16.6 Å². The predicted octanol–water partition coefficient (Wildman–Crippen LogP) is 7.39. The first kappa shape index (κ1) is 22.3. The molecule has 3 fully saturated rings. The van der Waals surface area contributed by atoms with Crippen LogP contribution in [-0.4, -0.2) is 28.8 Å². The highest BCUT2D eigenvalue weighted by Gasteiger charge is 2.58. The number of allylic oxidation sites excluding steroid dienone is 1. The lowest BCUT2D eigenvalue weighted by atomic mass is 9.48. The third kappa shape index (κ3) is 4.38. The molecule has 4 aliphatic carbocycles. The third-order valence-electron chi connectivity index (χ3n) is 8.83. The van der Waals surface area contributed by atoms with E-state index >= 15 is 0 Å². The molecule has 0 aliphatic heterocycles. The molecule has 3 saturated carbocycles. The van der Waals surface area contributed by atoms with Crippen molar-refractivity contribution in [1.29, 1.82) is 0 Å². The molecule has 7 atom stereocenters. The second kappa shape index (κ2) is 7.32. The summed E-state index contributed by atoms with van der Waals surface area (Å²) in [6, 6.07) is 0. The number of hydrogen-bond donors (Lipinski definition) is 0. The van der Waals surface area contributed by atoms with Crippen molar-refractivity contribution in [1.82, 2.24) is 0 Å². The smallest absolute Gasteiger partial charge is 0.184 e. The molecule has 29 heavy (non-hydrogen) atoms. The Morgan fingerprint density at radius 1 is 0.862 bits per heavy atom. The van der Waals surface area contributed by atoms with Gasteiger partial charge in [-0.05, 0) is 119 Å². The van der Waals surface area contributed by atoms with Crippen LogP contribution in [0.15, 0.2) is 11.6 Å². The molecule has 0 spiro atoms. The normalized spacial score (nSPS) is 45.2. The number of hydrogen-bond acceptors (Lipinski definition) is 2. The van der Waals surface area contributed by atoms with Gasteiger partial charge in [-0.3, -0.25) is 0 Å². The summed E-state index contributed by atoms with van der Waals surface area (Å²) in [6.45, 7) is 19.3. The minimum Gasteiger partial charge on any atom is -0.415 e. The molecule has 2 nitrogen and oxygen atoms in total. The number of fused-ring (bicyclic) bond motifs is 5. The summed E-state index contributed by atoms with van der Waals surface area (Å²) in [5.74, 6) is 2.64. The van der Waals surface area contributed by atoms with Crippen LogP contribution in [-0.2, 0) is 8.85 Å². The lowest BCUT2D eigenvalue weighted by Gasteiger charge is -2.57. The van der Waals surface area contributed by atoms with Gasteiger partial charge in [-0.25, -0.2) is 0 Å². The van der Waals surface area contributed by atoms with Crippen LogP contribution >= 0.6 is 0 Å². The van der Waals surface area contributed by atoms with E-state index in [0.717, 1.165) is 17.8 Å². The van der Waals surface area contributed by atoms with Gasteiger partial charge in [-0.2, -0.15) is 0 Å². The Labute approximate surface area is 182 Å². The van der Waals surface area contributed by atoms with Gasteiger partial charge >= 0.3 is 0 Å². The molecule has 0 aromatic heterocycles. The first-order valence-corrected chi connectivity index (χ1v) is 19.2. The highest BCUT2D eigenvalue weighted by atomic mass is 28.4. The van der Waals surface area contributed by atoms with Gasteiger partial charge in [0.2, 0.25) is 0 Å². The summed E-state index contributed by atoms with van der Waals surface area (Å²) >= 11 is 0. The molecule has 0 heterocycles. The lowest BCUT2D eigenvalue weighted by molar-refractivity contribution is -0.0344. The summed E-state index contributed by atoms with van der Waals surface area (Å²) in [7, 11) is -2.91. The maximum Gasteiger partial charge on any atom is 0.184 e. The minimum absolute atomic E-state index is 0.432. The summed E-state index contributed by atoms with van der Waals surface area (Å²) < 4.78 is 13.2. The van der Waals surface area contributed by atoms with Crippen LogP contribution in [0, 0.1) is 28.6 Å². The molecule has 166 valence electrons. The van der Waals surface area contributed by atoms with Crippen molar-refractivity contribution in [2.75, 3.05) is 0 Å². The molecule has 0 aromatic carbocycles. The van der Waals surface area contributed by atoms with Gasteiger partial charge < -0.3 is 8.85 Å². The van der Waals surface area contributed by atoms with E-state index in [2.05, 4.69) is 59.2 Å². The van der Waals surface area contributed by atoms with Gasteiger partial charge in [-0.1, -0.05) is 25.5 Å². The molecule has 0 bridgehead atoms. The van der Waals surface area contributed by atoms with E-state index < -0.39 is 16.6 Å². The molecule has 0 amide bonds. The van der Waals surface area contributed by atoms with Crippen molar-refractivity contribution in [2.24, 2.45) is 28.6 Å². The monoisotopic (exact) mass is 434 g/mol. The molecule has 0 saturated heterocycles. The Bertz CT molecular complexity index is 661. The number of rotatable bonds is 4. The quantitative estimate of drug-likeness (QED) is 0.339. The Kier molecular flexibility index (Phi) is 5.62. The Balaban J connectivity index is 1.52. The van der Waals surface area contributed by atoms with Gasteiger partial charge in [0, 0.05) is 12.2 Å². The first-order chi connectivity index (χ1) is 13.3. The zero-order valence-corrected chi connectivity index (χ0v) is 22.4. The zero-order chi connectivity index (χ0) is 21.2. The van der Waals surface area contributed by atoms with Crippen molar-refractivity contribution in [2.45, 2.75) is 117 Å². The lowest BCUT2D eigenvalue weighted by Crippen LogP contribution is -2.50. The Morgan fingerprint density at radius 3 is 2.17 bits per heavy atom. The van der Waals surface area contributed by atoms with E-state index in [-0.39, 0.29) is 0 Å². The topological polar surface area (TPSA) is 18.5 Å². The van der Waals surface area contributed by atoms with Crippen LogP contribution in [0.25, 0.3) is 0 Å². The Hall–Kier alpha value is 0.0938. The van der Waals surface area contributed by atoms with Crippen LogP contribution in [0.3, 0.4) is 0 Å². The predicted molar refractivity (Wildman–Crippen MR) is 128 cm³/mol. The zero-order valence-electron chi connectivity index (χ0n) is 20.4. The van der Waals surface area contributed by atoms with E-state index in [4.69, 9.17) is 8.85 Å². The van der Waals surface area contributed by atoms with E-state index in [1.54, 1.807) is 5.57 Å². The van der Waals surface area contributed by atoms with Crippen LogP contribution in [0.5, 0.6) is 0 Å². The van der Waals surface area contributed by atoms with Crippen molar-refractivity contribution < 1.29 is 8.85 Å². The fourth-order valence-corrected chi connectivity index (χ4v) is 10.2. The van der Waals surface area contributed by atoms with E-state index in [1.807, 2.05) is 0 Å². The average molecular weight is 435 g/mol. The maximum absolute atomic E-state index is 6.64. The third-order valence-corrected chi connectivity index (χ3v) is 10.9. The summed E-state index contributed by atoms with van der Waals surface area (Å²) in [5.41, 5.74) is 2.71. The molecular weight excluding hydrogens is 388 g/mol. The Morgan fingerprint density at radius 2 is 1.52 bits per heavy atom. The van der Waals surface area contributed by atoms with Crippen LogP contribution in [0.1, 0.15) is 65.2 Å². The molecule has 4 rings (SSSR count). The van der Waals surface area contributed by atoms with Gasteiger partial charge in [-0.15, -0.1) is 0 Å². The fourth-order valence-electron chi connectivity index (χ4n) is 7.81. The largest absolute Gasteiger partial charge is 0.415 e. The maximum atomic E-state index is 6.64. The van der Waals surface area contributed by atoms with Crippen LogP contribution in [0.4, 0.5) is 0 Å². The standard InChI is InChI=1S/C25H46O2Si2/c1-24-13-12-22-21(23(24)16-20(17-24)27-29(6,7)8)10-9-18-15-19(26-28(3,4)5)11-14-25(18,22)2/h9,19-23H,10-17H2,1-8H3/t19-,20+,21+,22-,23-,24+,25-/m0/s1. The highest BCUT2D eigenvalue weighted by Crippen LogP contribution is 2.65. The summed E-state index contributed by atoms with van der Waals surface area (Å²) in [4.78, 5) is 0. The fraction of sp³-hybridized carbons (Fsp3) is 0.920. The SMILES string of the molecule is C[C@]12CC[C@H]3[C@@H](CC=C4C[C@@H](O[Si](C)(C)C)CC[C@@]43C)[C@@H]1C[C@@H](O[Si](C)(C)C)C2. The van der Waals surface area contributed by atoms with Crippen LogP contribution in [0.2, 0.25) is 39.3 Å². The molecule has 4 heteroatoms. The van der Waals surface area contributed by atoms with Gasteiger partial charge in [0.05, 0.1) is 0 Å². The molecule has 0 N–H and O–H groups in total. The van der Waals surface area contributed by atoms with E-state index in [0.29, 0.717) is 23.0 Å². The minimum atomic E-state index is -1.46. The van der Waals surface area contributed by atoms with E-state index in [9.17, 15) is 0 Å². The van der Waals surface area contributed by atoms with Crippen LogP contribution < -0.4 is 0 Å². The van der Waals surface area contributed by atoms with Crippen molar-refractivity contribution in [3.05, 3.63) is 11.6 Å². The second-order valence-corrected chi connectivity index (χ2v) is 22.3. The van der Waals surface area contributed by atoms with Crippen molar-refractivity contribution in [3.63, 3.8) is 0 Å². The summed E-state index contributed by atoms with van der Waals surface area (Å²) in [6.07, 6.45) is 14.3. The van der Waals surface area contributed by atoms with Gasteiger partial charge in [0.15, 0.2) is 16.6 Å². The average Bonchev–Trinajstić information content (AvgIpc) is 2.88. The summed E-state index contributed by atoms with van der Waals surface area (Å²) in [5, 5.41) is 0. The first-order valence-electron chi connectivity index (χ1n) is 12.3.